The molecule has 0 spiro atoms. The van der Waals surface area contributed by atoms with E-state index < -0.39 is 0 Å². The Hall–Kier alpha value is -3.34. The van der Waals surface area contributed by atoms with Crippen LogP contribution in [0.2, 0.25) is 0 Å². The molecule has 0 bridgehead atoms. The van der Waals surface area contributed by atoms with Crippen molar-refractivity contribution in [2.75, 3.05) is 5.32 Å². The number of benzene rings is 2. The van der Waals surface area contributed by atoms with Crippen LogP contribution < -0.4 is 15.8 Å². The number of nitrogens with one attached hydrogen (secondary N) is 1. The lowest BCUT2D eigenvalue weighted by Gasteiger charge is -2.08. The average molecular weight is 332 g/mol. The minimum absolute atomic E-state index is 0.381. The van der Waals surface area contributed by atoms with E-state index in [1.54, 1.807) is 6.20 Å². The molecule has 0 aliphatic rings. The fourth-order valence-electron chi connectivity index (χ4n) is 2.26. The molecule has 0 aliphatic heterocycles. The molecule has 0 unspecified atom stereocenters. The summed E-state index contributed by atoms with van der Waals surface area (Å²) < 4.78 is 5.78. The van der Waals surface area contributed by atoms with E-state index in [-0.39, 0.29) is 0 Å². The van der Waals surface area contributed by atoms with Gasteiger partial charge in [0.05, 0.1) is 12.2 Å². The fraction of sp³-hybridized carbons (Fsp3) is 0.100. The van der Waals surface area contributed by atoms with Gasteiger partial charge in [-0.25, -0.2) is 4.99 Å². The number of nitrogens with zero attached hydrogens (tertiary/aromatic N) is 2. The smallest absolute Gasteiger partial charge is 0.193 e. The van der Waals surface area contributed by atoms with Crippen LogP contribution in [0.25, 0.3) is 0 Å². The van der Waals surface area contributed by atoms with Crippen LogP contribution in [0.4, 0.5) is 5.69 Å². The maximum Gasteiger partial charge on any atom is 0.193 e. The number of aromatic nitrogens is 1. The first-order valence-electron chi connectivity index (χ1n) is 8.03. The predicted octanol–water partition coefficient (Wildman–Crippen LogP) is 3.59. The second-order valence-corrected chi connectivity index (χ2v) is 5.45. The molecule has 5 nitrogen and oxygen atoms in total. The van der Waals surface area contributed by atoms with E-state index >= 15 is 0 Å². The summed E-state index contributed by atoms with van der Waals surface area (Å²) in [5.74, 6) is 1.17. The molecule has 0 amide bonds. The zero-order valence-electron chi connectivity index (χ0n) is 13.8. The van der Waals surface area contributed by atoms with Crippen LogP contribution in [-0.4, -0.2) is 10.9 Å². The summed E-state index contributed by atoms with van der Waals surface area (Å²) in [6.45, 7) is 0.914. The van der Waals surface area contributed by atoms with Gasteiger partial charge in [0.15, 0.2) is 5.96 Å². The fourth-order valence-corrected chi connectivity index (χ4v) is 2.26. The largest absolute Gasteiger partial charge is 0.487 e. The molecule has 0 aliphatic carbocycles. The quantitative estimate of drug-likeness (QED) is 0.534. The third-order valence-corrected chi connectivity index (χ3v) is 3.49. The third-order valence-electron chi connectivity index (χ3n) is 3.49. The van der Waals surface area contributed by atoms with Crippen LogP contribution >= 0.6 is 0 Å². The zero-order valence-corrected chi connectivity index (χ0v) is 13.8. The maximum absolute atomic E-state index is 5.93. The lowest BCUT2D eigenvalue weighted by Crippen LogP contribution is -2.22. The minimum atomic E-state index is 0.381. The molecule has 3 aromatic rings. The van der Waals surface area contributed by atoms with Crippen LogP contribution in [0.15, 0.2) is 84.0 Å². The highest BCUT2D eigenvalue weighted by Crippen LogP contribution is 2.15. The summed E-state index contributed by atoms with van der Waals surface area (Å²) in [4.78, 5) is 8.61. The Morgan fingerprint density at radius 1 is 1.00 bits per heavy atom. The molecule has 1 aromatic heterocycles. The molecular formula is C20H20N4O. The third kappa shape index (κ3) is 5.35. The van der Waals surface area contributed by atoms with Crippen molar-refractivity contribution >= 4 is 11.6 Å². The van der Waals surface area contributed by atoms with Crippen molar-refractivity contribution in [3.05, 3.63) is 90.3 Å². The molecule has 0 atom stereocenters. The number of hydrogen-bond acceptors (Lipinski definition) is 3. The number of aliphatic imine (C=N–C) groups is 1. The Kier molecular flexibility index (Phi) is 5.61. The average Bonchev–Trinajstić information content (AvgIpc) is 2.67. The highest BCUT2D eigenvalue weighted by atomic mass is 16.5. The Bertz CT molecular complexity index is 819. The van der Waals surface area contributed by atoms with Crippen LogP contribution in [0.1, 0.15) is 11.3 Å². The normalized spacial score (nSPS) is 11.1. The highest BCUT2D eigenvalue weighted by Gasteiger charge is 2.00. The first-order valence-corrected chi connectivity index (χ1v) is 8.03. The van der Waals surface area contributed by atoms with Gasteiger partial charge >= 0.3 is 0 Å². The van der Waals surface area contributed by atoms with E-state index in [4.69, 9.17) is 10.5 Å². The summed E-state index contributed by atoms with van der Waals surface area (Å²) in [5.41, 5.74) is 8.75. The van der Waals surface area contributed by atoms with Gasteiger partial charge in [-0.3, -0.25) is 4.98 Å². The first-order chi connectivity index (χ1) is 12.3. The molecule has 3 N–H and O–H groups in total. The van der Waals surface area contributed by atoms with Gasteiger partial charge < -0.3 is 15.8 Å². The van der Waals surface area contributed by atoms with Gasteiger partial charge in [-0.15, -0.1) is 0 Å². The number of para-hydroxylation sites is 1. The van der Waals surface area contributed by atoms with E-state index in [0.29, 0.717) is 19.1 Å². The topological polar surface area (TPSA) is 72.5 Å². The number of anilines is 1. The summed E-state index contributed by atoms with van der Waals surface area (Å²) in [6, 6.07) is 23.3. The van der Waals surface area contributed by atoms with Crippen LogP contribution in [0.3, 0.4) is 0 Å². The number of rotatable bonds is 6. The van der Waals surface area contributed by atoms with Gasteiger partial charge in [-0.1, -0.05) is 36.4 Å². The number of nitrogens with two attached hydrogens (primary N) is 1. The summed E-state index contributed by atoms with van der Waals surface area (Å²) in [5, 5.41) is 3.06. The molecule has 5 heteroatoms. The first kappa shape index (κ1) is 16.5. The summed E-state index contributed by atoms with van der Waals surface area (Å²) in [7, 11) is 0. The van der Waals surface area contributed by atoms with E-state index in [9.17, 15) is 0 Å². The monoisotopic (exact) mass is 332 g/mol. The van der Waals surface area contributed by atoms with Crippen molar-refractivity contribution in [2.45, 2.75) is 13.2 Å². The van der Waals surface area contributed by atoms with Crippen molar-refractivity contribution in [3.8, 4) is 5.75 Å². The lowest BCUT2D eigenvalue weighted by atomic mass is 10.2. The Labute approximate surface area is 147 Å². The second kappa shape index (κ2) is 8.49. The van der Waals surface area contributed by atoms with Crippen LogP contribution in [0.5, 0.6) is 5.75 Å². The van der Waals surface area contributed by atoms with E-state index in [1.165, 1.54) is 0 Å². The maximum atomic E-state index is 5.93. The van der Waals surface area contributed by atoms with Crippen LogP contribution in [0, 0.1) is 0 Å². The molecular weight excluding hydrogens is 312 g/mol. The number of pyridine rings is 1. The van der Waals surface area contributed by atoms with E-state index in [0.717, 1.165) is 22.7 Å². The standard InChI is InChI=1S/C20H20N4O/c21-20(24-17-8-2-1-3-9-17)23-14-16-7-6-11-19(13-16)25-15-18-10-4-5-12-22-18/h1-13H,14-15H2,(H3,21,23,24). The number of ether oxygens (including phenoxy) is 1. The molecule has 126 valence electrons. The highest BCUT2D eigenvalue weighted by molar-refractivity contribution is 5.92. The van der Waals surface area contributed by atoms with Crippen molar-refractivity contribution in [1.29, 1.82) is 0 Å². The van der Waals surface area contributed by atoms with Gasteiger partial charge in [0.2, 0.25) is 0 Å². The minimum Gasteiger partial charge on any atom is -0.487 e. The zero-order chi connectivity index (χ0) is 17.3. The Balaban J connectivity index is 1.57. The molecule has 0 saturated carbocycles. The van der Waals surface area contributed by atoms with Crippen molar-refractivity contribution in [2.24, 2.45) is 10.7 Å². The molecule has 0 fully saturated rings. The van der Waals surface area contributed by atoms with Gasteiger partial charge in [0, 0.05) is 11.9 Å². The SMILES string of the molecule is NC(=NCc1cccc(OCc2ccccn2)c1)Nc1ccccc1. The molecule has 1 heterocycles. The van der Waals surface area contributed by atoms with Crippen molar-refractivity contribution in [3.63, 3.8) is 0 Å². The van der Waals surface area contributed by atoms with Gasteiger partial charge in [0.25, 0.3) is 0 Å². The van der Waals surface area contributed by atoms with Gasteiger partial charge in [0.1, 0.15) is 12.4 Å². The Morgan fingerprint density at radius 3 is 2.64 bits per heavy atom. The molecule has 25 heavy (non-hydrogen) atoms. The van der Waals surface area contributed by atoms with E-state index in [1.807, 2.05) is 72.8 Å². The van der Waals surface area contributed by atoms with Crippen molar-refractivity contribution in [1.82, 2.24) is 4.98 Å². The number of hydrogen-bond donors (Lipinski definition) is 2. The van der Waals surface area contributed by atoms with Crippen molar-refractivity contribution < 1.29 is 4.74 Å². The molecule has 0 radical (unpaired) electrons. The second-order valence-electron chi connectivity index (χ2n) is 5.45. The summed E-state index contributed by atoms with van der Waals surface area (Å²) >= 11 is 0. The van der Waals surface area contributed by atoms with Crippen LogP contribution in [-0.2, 0) is 13.2 Å². The van der Waals surface area contributed by atoms with Gasteiger partial charge in [-0.05, 0) is 42.0 Å². The predicted molar refractivity (Wildman–Crippen MR) is 100 cm³/mol. The number of guanidine groups is 1. The lowest BCUT2D eigenvalue weighted by molar-refractivity contribution is 0.301. The molecule has 2 aromatic carbocycles. The summed E-state index contributed by atoms with van der Waals surface area (Å²) in [6.07, 6.45) is 1.76. The Morgan fingerprint density at radius 2 is 1.84 bits per heavy atom. The molecule has 3 rings (SSSR count). The van der Waals surface area contributed by atoms with Gasteiger partial charge in [-0.2, -0.15) is 0 Å². The molecule has 0 saturated heterocycles. The van der Waals surface area contributed by atoms with E-state index in [2.05, 4.69) is 15.3 Å².